The van der Waals surface area contributed by atoms with E-state index in [1.54, 1.807) is 30.3 Å². The number of carbonyl (C=O) groups is 1. The van der Waals surface area contributed by atoms with E-state index >= 15 is 0 Å². The number of hydrogen-bond donors (Lipinski definition) is 1. The van der Waals surface area contributed by atoms with E-state index in [9.17, 15) is 4.79 Å². The second kappa shape index (κ2) is 9.89. The van der Waals surface area contributed by atoms with Crippen LogP contribution in [0.3, 0.4) is 0 Å². The summed E-state index contributed by atoms with van der Waals surface area (Å²) in [5, 5.41) is 7.14. The van der Waals surface area contributed by atoms with Crippen LogP contribution in [-0.4, -0.2) is 33.4 Å². The summed E-state index contributed by atoms with van der Waals surface area (Å²) in [6.45, 7) is 6.91. The van der Waals surface area contributed by atoms with E-state index in [0.29, 0.717) is 17.8 Å². The molecule has 1 N–H and O–H groups in total. The Morgan fingerprint density at radius 3 is 2.89 bits per heavy atom. The van der Waals surface area contributed by atoms with Gasteiger partial charge in [0.05, 0.1) is 23.0 Å². The Labute approximate surface area is 161 Å². The molecule has 0 saturated carbocycles. The number of aryl methyl sites for hydroxylation is 1. The number of rotatable bonds is 8. The molecule has 0 aliphatic rings. The lowest BCUT2D eigenvalue weighted by atomic mass is 10.1. The number of aromatic nitrogens is 3. The van der Waals surface area contributed by atoms with Gasteiger partial charge in [0, 0.05) is 44.2 Å². The van der Waals surface area contributed by atoms with Crippen molar-refractivity contribution >= 4 is 11.6 Å². The second-order valence-electron chi connectivity index (χ2n) is 7.03. The summed E-state index contributed by atoms with van der Waals surface area (Å²) in [4.78, 5) is 16.6. The van der Waals surface area contributed by atoms with Crippen LogP contribution in [0.15, 0.2) is 30.9 Å². The van der Waals surface area contributed by atoms with Crippen molar-refractivity contribution in [1.29, 1.82) is 0 Å². The summed E-state index contributed by atoms with van der Waals surface area (Å²) < 4.78 is 7.21. The Hall–Kier alpha value is -2.65. The van der Waals surface area contributed by atoms with Gasteiger partial charge in [-0.1, -0.05) is 25.2 Å². The molecule has 0 fully saturated rings. The molecular weight excluding hydrogens is 340 g/mol. The zero-order valence-corrected chi connectivity index (χ0v) is 16.6. The molecule has 0 aliphatic heterocycles. The van der Waals surface area contributed by atoms with Gasteiger partial charge in [0.1, 0.15) is 0 Å². The fourth-order valence-electron chi connectivity index (χ4n) is 2.30. The predicted molar refractivity (Wildman–Crippen MR) is 107 cm³/mol. The third-order valence-corrected chi connectivity index (χ3v) is 4.28. The summed E-state index contributed by atoms with van der Waals surface area (Å²) in [7, 11) is 1.70. The largest absolute Gasteiger partial charge is 0.379 e. The molecule has 2 heterocycles. The van der Waals surface area contributed by atoms with Crippen LogP contribution in [0.2, 0.25) is 0 Å². The summed E-state index contributed by atoms with van der Waals surface area (Å²) in [6.07, 6.45) is 10.5. The van der Waals surface area contributed by atoms with Crippen LogP contribution in [0, 0.1) is 11.8 Å². The highest BCUT2D eigenvalue weighted by molar-refractivity contribution is 6.04. The lowest BCUT2D eigenvalue weighted by molar-refractivity contribution is 0.0113. The first kappa shape index (κ1) is 20.7. The smallest absolute Gasteiger partial charge is 0.257 e. The molecule has 0 spiro atoms. The van der Waals surface area contributed by atoms with Crippen LogP contribution in [-0.2, 0) is 11.3 Å². The third-order valence-electron chi connectivity index (χ3n) is 4.28. The molecule has 2 rings (SSSR count). The minimum absolute atomic E-state index is 0.209. The van der Waals surface area contributed by atoms with Crippen molar-refractivity contribution in [2.24, 2.45) is 0 Å². The first-order chi connectivity index (χ1) is 12.9. The molecule has 0 bridgehead atoms. The van der Waals surface area contributed by atoms with Gasteiger partial charge in [-0.2, -0.15) is 5.10 Å². The summed E-state index contributed by atoms with van der Waals surface area (Å²) in [5.41, 5.74) is 1.66. The molecule has 27 heavy (non-hydrogen) atoms. The maximum atomic E-state index is 12.5. The fraction of sp³-hybridized carbons (Fsp3) is 0.476. The highest BCUT2D eigenvalue weighted by Crippen LogP contribution is 2.15. The van der Waals surface area contributed by atoms with Gasteiger partial charge in [-0.05, 0) is 32.8 Å². The lowest BCUT2D eigenvalue weighted by Gasteiger charge is -2.22. The number of nitrogens with one attached hydrogen (secondary N) is 1. The normalized spacial score (nSPS) is 11.0. The van der Waals surface area contributed by atoms with E-state index in [1.807, 2.05) is 20.0 Å². The maximum Gasteiger partial charge on any atom is 0.257 e. The van der Waals surface area contributed by atoms with E-state index < -0.39 is 0 Å². The summed E-state index contributed by atoms with van der Waals surface area (Å²) >= 11 is 0. The van der Waals surface area contributed by atoms with Crippen molar-refractivity contribution in [2.45, 2.75) is 58.6 Å². The number of methoxy groups -OCH3 is 1. The van der Waals surface area contributed by atoms with Crippen molar-refractivity contribution < 1.29 is 9.53 Å². The van der Waals surface area contributed by atoms with Gasteiger partial charge in [0.15, 0.2) is 0 Å². The molecule has 0 atom stereocenters. The Kier molecular flexibility index (Phi) is 7.56. The van der Waals surface area contributed by atoms with Gasteiger partial charge in [0.2, 0.25) is 0 Å². The van der Waals surface area contributed by atoms with E-state index in [0.717, 1.165) is 31.2 Å². The van der Waals surface area contributed by atoms with Crippen molar-refractivity contribution in [3.05, 3.63) is 42.0 Å². The molecular formula is C21H28N4O2. The van der Waals surface area contributed by atoms with Gasteiger partial charge < -0.3 is 10.1 Å². The van der Waals surface area contributed by atoms with Crippen LogP contribution < -0.4 is 5.32 Å². The van der Waals surface area contributed by atoms with Crippen LogP contribution in [0.4, 0.5) is 5.69 Å². The molecule has 0 aliphatic carbocycles. The molecule has 0 unspecified atom stereocenters. The Morgan fingerprint density at radius 1 is 1.33 bits per heavy atom. The van der Waals surface area contributed by atoms with Gasteiger partial charge >= 0.3 is 0 Å². The molecule has 0 saturated heterocycles. The SMILES string of the molecule is CCCCC#Cc1cncc(C(=O)Nc2cnn(CCC(C)(C)OC)c2)c1. The lowest BCUT2D eigenvalue weighted by Crippen LogP contribution is -2.24. The maximum absolute atomic E-state index is 12.5. The number of carbonyl (C=O) groups excluding carboxylic acids is 1. The Morgan fingerprint density at radius 2 is 2.15 bits per heavy atom. The number of nitrogens with zero attached hydrogens (tertiary/aromatic N) is 3. The molecule has 2 aromatic heterocycles. The van der Waals surface area contributed by atoms with Gasteiger partial charge in [-0.3, -0.25) is 14.5 Å². The van der Waals surface area contributed by atoms with Crippen molar-refractivity contribution in [2.75, 3.05) is 12.4 Å². The fourth-order valence-corrected chi connectivity index (χ4v) is 2.30. The number of anilines is 1. The summed E-state index contributed by atoms with van der Waals surface area (Å²) in [6, 6.07) is 1.76. The topological polar surface area (TPSA) is 69.0 Å². The average Bonchev–Trinajstić information content (AvgIpc) is 3.11. The van der Waals surface area contributed by atoms with Crippen molar-refractivity contribution in [3.63, 3.8) is 0 Å². The van der Waals surface area contributed by atoms with Crippen LogP contribution in [0.1, 0.15) is 62.4 Å². The molecule has 0 aromatic carbocycles. The second-order valence-corrected chi connectivity index (χ2v) is 7.03. The molecule has 144 valence electrons. The van der Waals surface area contributed by atoms with E-state index in [2.05, 4.69) is 34.2 Å². The summed E-state index contributed by atoms with van der Waals surface area (Å²) in [5.74, 6) is 5.94. The molecule has 6 heteroatoms. The quantitative estimate of drug-likeness (QED) is 0.567. The van der Waals surface area contributed by atoms with Crippen molar-refractivity contribution in [1.82, 2.24) is 14.8 Å². The third kappa shape index (κ3) is 6.87. The number of pyridine rings is 1. The zero-order valence-electron chi connectivity index (χ0n) is 16.6. The van der Waals surface area contributed by atoms with Gasteiger partial charge in [-0.25, -0.2) is 0 Å². The zero-order chi connectivity index (χ0) is 19.7. The Bertz CT molecular complexity index is 815. The average molecular weight is 368 g/mol. The van der Waals surface area contributed by atoms with Crippen molar-refractivity contribution in [3.8, 4) is 11.8 Å². The minimum Gasteiger partial charge on any atom is -0.379 e. The number of amides is 1. The highest BCUT2D eigenvalue weighted by atomic mass is 16.5. The standard InChI is InChI=1S/C21H28N4O2/c1-5-6-7-8-9-17-12-18(14-22-13-17)20(26)24-19-15-23-25(16-19)11-10-21(2,3)27-4/h12-16H,5-7,10-11H2,1-4H3,(H,24,26). The van der Waals surface area contributed by atoms with Gasteiger partial charge in [-0.15, -0.1) is 0 Å². The van der Waals surface area contributed by atoms with Crippen LogP contribution in [0.5, 0.6) is 0 Å². The number of ether oxygens (including phenoxy) is 1. The molecule has 6 nitrogen and oxygen atoms in total. The Balaban J connectivity index is 1.96. The number of unbranched alkanes of at least 4 members (excludes halogenated alkanes) is 2. The van der Waals surface area contributed by atoms with E-state index in [1.165, 1.54) is 6.20 Å². The number of hydrogen-bond acceptors (Lipinski definition) is 4. The monoisotopic (exact) mass is 368 g/mol. The van der Waals surface area contributed by atoms with E-state index in [-0.39, 0.29) is 11.5 Å². The van der Waals surface area contributed by atoms with Crippen LogP contribution >= 0.6 is 0 Å². The first-order valence-corrected chi connectivity index (χ1v) is 9.26. The minimum atomic E-state index is -0.225. The molecule has 2 aromatic rings. The predicted octanol–water partition coefficient (Wildman–Crippen LogP) is 3.89. The molecule has 1 amide bonds. The first-order valence-electron chi connectivity index (χ1n) is 9.26. The highest BCUT2D eigenvalue weighted by Gasteiger charge is 2.16. The van der Waals surface area contributed by atoms with E-state index in [4.69, 9.17) is 4.74 Å². The van der Waals surface area contributed by atoms with Gasteiger partial charge in [0.25, 0.3) is 5.91 Å². The molecule has 0 radical (unpaired) electrons. The van der Waals surface area contributed by atoms with Crippen LogP contribution in [0.25, 0.3) is 0 Å².